The molecule has 1 fully saturated rings. The minimum absolute atomic E-state index is 0.327. The van der Waals surface area contributed by atoms with Crippen LogP contribution in [0.4, 0.5) is 10.5 Å². The first kappa shape index (κ1) is 20.1. The van der Waals surface area contributed by atoms with Crippen LogP contribution >= 0.6 is 38.5 Å². The predicted octanol–water partition coefficient (Wildman–Crippen LogP) is 2.67. The fourth-order valence-corrected chi connectivity index (χ4v) is 3.02. The molecule has 1 aliphatic rings. The maximum absolute atomic E-state index is 12.6. The highest BCUT2D eigenvalue weighted by Crippen LogP contribution is 2.21. The zero-order valence-corrected chi connectivity index (χ0v) is 17.8. The molecule has 1 saturated heterocycles. The number of carbonyl (C=O) groups excluding carboxylic acids is 4. The van der Waals surface area contributed by atoms with Crippen molar-refractivity contribution in [3.63, 3.8) is 0 Å². The van der Waals surface area contributed by atoms with Gasteiger partial charge in [-0.3, -0.25) is 19.7 Å². The number of benzene rings is 2. The van der Waals surface area contributed by atoms with E-state index in [0.29, 0.717) is 11.3 Å². The summed E-state index contributed by atoms with van der Waals surface area (Å²) in [5.74, 6) is -3.41. The minimum atomic E-state index is -1.35. The predicted molar refractivity (Wildman–Crippen MR) is 114 cm³/mol. The van der Waals surface area contributed by atoms with E-state index in [1.54, 1.807) is 48.5 Å². The smallest absolute Gasteiger partial charge is 0.276 e. The van der Waals surface area contributed by atoms with E-state index in [-0.39, 0.29) is 0 Å². The van der Waals surface area contributed by atoms with Crippen molar-refractivity contribution in [2.45, 2.75) is 0 Å². The first-order chi connectivity index (χ1) is 13.4. The van der Waals surface area contributed by atoms with Crippen molar-refractivity contribution in [2.75, 3.05) is 4.90 Å². The Morgan fingerprint density at radius 1 is 1.11 bits per heavy atom. The van der Waals surface area contributed by atoms with Crippen molar-refractivity contribution in [2.24, 2.45) is 11.0 Å². The van der Waals surface area contributed by atoms with Crippen LogP contribution in [-0.4, -0.2) is 30.0 Å². The maximum Gasteiger partial charge on any atom is 0.335 e. The number of nitrogens with one attached hydrogen (secondary N) is 2. The summed E-state index contributed by atoms with van der Waals surface area (Å²) < 4.78 is 1.74. The Bertz CT molecular complexity index is 976. The lowest BCUT2D eigenvalue weighted by Gasteiger charge is -2.28. The molecule has 0 aromatic heterocycles. The van der Waals surface area contributed by atoms with Gasteiger partial charge in [-0.15, -0.1) is 0 Å². The summed E-state index contributed by atoms with van der Waals surface area (Å²) in [5, 5.41) is 5.82. The largest absolute Gasteiger partial charge is 0.335 e. The Morgan fingerprint density at radius 2 is 1.75 bits per heavy atom. The molecule has 5 amide bonds. The minimum Gasteiger partial charge on any atom is -0.276 e. The fraction of sp³-hybridized carbons (Fsp3) is 0.0556. The lowest BCUT2D eigenvalue weighted by molar-refractivity contribution is -0.131. The number of hydrogen-bond donors (Lipinski definition) is 2. The van der Waals surface area contributed by atoms with Crippen molar-refractivity contribution in [3.05, 3.63) is 62.1 Å². The number of barbiturate groups is 1. The van der Waals surface area contributed by atoms with Crippen LogP contribution in [0, 0.1) is 9.49 Å². The number of urea groups is 1. The van der Waals surface area contributed by atoms with Crippen LogP contribution in [0.25, 0.3) is 0 Å². The summed E-state index contributed by atoms with van der Waals surface area (Å²) in [7, 11) is 0. The number of imide groups is 2. The molecule has 1 atom stereocenters. The summed E-state index contributed by atoms with van der Waals surface area (Å²) in [6, 6.07) is 12.4. The van der Waals surface area contributed by atoms with Gasteiger partial charge in [0, 0.05) is 19.8 Å². The number of nitrogens with zero attached hydrogens (tertiary/aromatic N) is 2. The number of anilines is 1. The van der Waals surface area contributed by atoms with Gasteiger partial charge in [-0.1, -0.05) is 15.9 Å². The highest BCUT2D eigenvalue weighted by molar-refractivity contribution is 14.1. The molecule has 1 aliphatic heterocycles. The van der Waals surface area contributed by atoms with E-state index in [1.165, 1.54) is 0 Å². The van der Waals surface area contributed by atoms with Gasteiger partial charge in [-0.25, -0.2) is 15.1 Å². The van der Waals surface area contributed by atoms with Gasteiger partial charge in [-0.05, 0) is 71.1 Å². The second-order valence-electron chi connectivity index (χ2n) is 5.65. The second-order valence-corrected chi connectivity index (χ2v) is 7.81. The lowest BCUT2D eigenvalue weighted by Crippen LogP contribution is -2.58. The van der Waals surface area contributed by atoms with E-state index in [2.05, 4.69) is 54.4 Å². The zero-order valence-electron chi connectivity index (χ0n) is 14.1. The molecular weight excluding hydrogens is 543 g/mol. The van der Waals surface area contributed by atoms with Crippen molar-refractivity contribution in [3.8, 4) is 0 Å². The maximum atomic E-state index is 12.6. The van der Waals surface area contributed by atoms with Gasteiger partial charge in [0.1, 0.15) is 0 Å². The molecule has 3 rings (SSSR count). The Morgan fingerprint density at radius 3 is 2.39 bits per heavy atom. The van der Waals surface area contributed by atoms with Gasteiger partial charge in [0.05, 0.1) is 5.69 Å². The molecule has 10 heteroatoms. The Labute approximate surface area is 181 Å². The van der Waals surface area contributed by atoms with E-state index in [0.717, 1.165) is 19.2 Å². The van der Waals surface area contributed by atoms with Crippen LogP contribution in [-0.2, 0) is 9.59 Å². The van der Waals surface area contributed by atoms with E-state index in [4.69, 9.17) is 0 Å². The van der Waals surface area contributed by atoms with Crippen LogP contribution in [0.15, 0.2) is 58.1 Å². The molecule has 0 bridgehead atoms. The molecule has 0 spiro atoms. The number of hydrogen-bond acceptors (Lipinski definition) is 5. The molecule has 2 aromatic carbocycles. The summed E-state index contributed by atoms with van der Waals surface area (Å²) in [5.41, 5.74) is 2.94. The monoisotopic (exact) mass is 554 g/mol. The summed E-state index contributed by atoms with van der Waals surface area (Å²) in [4.78, 5) is 49.7. The van der Waals surface area contributed by atoms with Gasteiger partial charge in [0.25, 0.3) is 11.8 Å². The summed E-state index contributed by atoms with van der Waals surface area (Å²) in [6.07, 6.45) is 1.00. The average molecular weight is 555 g/mol. The third-order valence-corrected chi connectivity index (χ3v) is 5.03. The van der Waals surface area contributed by atoms with Crippen LogP contribution in [0.3, 0.4) is 0 Å². The Hall–Kier alpha value is -2.60. The van der Waals surface area contributed by atoms with Gasteiger partial charge in [0.2, 0.25) is 5.91 Å². The van der Waals surface area contributed by atoms with E-state index in [1.807, 2.05) is 0 Å². The topological polar surface area (TPSA) is 108 Å². The zero-order chi connectivity index (χ0) is 20.3. The van der Waals surface area contributed by atoms with Crippen LogP contribution in [0.5, 0.6) is 0 Å². The van der Waals surface area contributed by atoms with Crippen LogP contribution < -0.4 is 15.6 Å². The number of halogens is 2. The summed E-state index contributed by atoms with van der Waals surface area (Å²) >= 11 is 5.36. The van der Waals surface area contributed by atoms with Crippen molar-refractivity contribution in [1.82, 2.24) is 10.7 Å². The molecule has 0 unspecified atom stereocenters. The highest BCUT2D eigenvalue weighted by Gasteiger charge is 2.40. The number of amides is 5. The third-order valence-electron chi connectivity index (χ3n) is 3.78. The number of carbonyl (C=O) groups is 4. The second kappa shape index (κ2) is 8.61. The molecule has 0 saturated carbocycles. The SMILES string of the molecule is O=C(N/N=C\[C@@H]1C(=O)NC(=O)N(c2ccc(I)cc2)C1=O)c1ccc(Br)cc1. The molecule has 2 N–H and O–H groups in total. The quantitative estimate of drug-likeness (QED) is 0.262. The van der Waals surface area contributed by atoms with Crippen molar-refractivity contribution < 1.29 is 19.2 Å². The number of hydrazone groups is 1. The average Bonchev–Trinajstić information content (AvgIpc) is 2.66. The Balaban J connectivity index is 1.74. The van der Waals surface area contributed by atoms with Crippen LogP contribution in [0.1, 0.15) is 10.4 Å². The third kappa shape index (κ3) is 4.44. The van der Waals surface area contributed by atoms with Crippen LogP contribution in [0.2, 0.25) is 0 Å². The molecule has 142 valence electrons. The first-order valence-corrected chi connectivity index (χ1v) is 9.77. The molecule has 0 aliphatic carbocycles. The molecule has 0 radical (unpaired) electrons. The van der Waals surface area contributed by atoms with Gasteiger partial charge in [0.15, 0.2) is 5.92 Å². The molecule has 2 aromatic rings. The fourth-order valence-electron chi connectivity index (χ4n) is 2.39. The van der Waals surface area contributed by atoms with E-state index >= 15 is 0 Å². The summed E-state index contributed by atoms with van der Waals surface area (Å²) in [6.45, 7) is 0. The van der Waals surface area contributed by atoms with E-state index < -0.39 is 29.7 Å². The van der Waals surface area contributed by atoms with Gasteiger partial charge in [-0.2, -0.15) is 5.10 Å². The molecule has 1 heterocycles. The normalized spacial score (nSPS) is 17.0. The standard InChI is InChI=1S/C18H12BrIN4O4/c19-11-3-1-10(2-4-11)15(25)23-21-9-14-16(26)22-18(28)24(17(14)27)13-7-5-12(20)6-8-13/h1-9,14H,(H,23,25)(H,22,26,28)/b21-9-/t14-/m1/s1. The van der Waals surface area contributed by atoms with Crippen molar-refractivity contribution >= 4 is 74.2 Å². The molecule has 8 nitrogen and oxygen atoms in total. The Kier molecular flexibility index (Phi) is 6.19. The van der Waals surface area contributed by atoms with Crippen molar-refractivity contribution in [1.29, 1.82) is 0 Å². The molecular formula is C18H12BrIN4O4. The van der Waals surface area contributed by atoms with Gasteiger partial charge >= 0.3 is 6.03 Å². The first-order valence-electron chi connectivity index (χ1n) is 7.90. The number of rotatable bonds is 4. The molecule has 28 heavy (non-hydrogen) atoms. The highest BCUT2D eigenvalue weighted by atomic mass is 127. The lowest BCUT2D eigenvalue weighted by atomic mass is 10.1. The van der Waals surface area contributed by atoms with E-state index in [9.17, 15) is 19.2 Å². The van der Waals surface area contributed by atoms with Gasteiger partial charge < -0.3 is 0 Å².